The lowest BCUT2D eigenvalue weighted by Crippen LogP contribution is -1.83. The number of benzene rings is 2. The highest BCUT2D eigenvalue weighted by molar-refractivity contribution is 7.15. The molecular formula is C20H14N4OS. The van der Waals surface area contributed by atoms with Crippen LogP contribution in [0.4, 0.5) is 0 Å². The SMILES string of the molecule is Cc1sc(-c2nc(-c3cccc4[nH]cnc34)no2)cc1-c1ccccc1. The van der Waals surface area contributed by atoms with Gasteiger partial charge in [-0.2, -0.15) is 4.98 Å². The summed E-state index contributed by atoms with van der Waals surface area (Å²) < 4.78 is 5.55. The predicted octanol–water partition coefficient (Wildman–Crippen LogP) is 5.32. The summed E-state index contributed by atoms with van der Waals surface area (Å²) in [5.41, 5.74) is 5.03. The highest BCUT2D eigenvalue weighted by atomic mass is 32.1. The van der Waals surface area contributed by atoms with E-state index in [4.69, 9.17) is 4.52 Å². The van der Waals surface area contributed by atoms with Gasteiger partial charge in [0.1, 0.15) is 0 Å². The zero-order valence-electron chi connectivity index (χ0n) is 13.9. The first-order chi connectivity index (χ1) is 12.8. The molecule has 0 radical (unpaired) electrons. The van der Waals surface area contributed by atoms with Crippen molar-refractivity contribution < 1.29 is 4.52 Å². The van der Waals surface area contributed by atoms with Crippen molar-refractivity contribution in [1.82, 2.24) is 20.1 Å². The normalized spacial score (nSPS) is 11.3. The van der Waals surface area contributed by atoms with Gasteiger partial charge in [0.2, 0.25) is 5.82 Å². The van der Waals surface area contributed by atoms with Gasteiger partial charge in [-0.3, -0.25) is 0 Å². The zero-order chi connectivity index (χ0) is 17.5. The number of hydrogen-bond donors (Lipinski definition) is 1. The van der Waals surface area contributed by atoms with E-state index in [0.29, 0.717) is 11.7 Å². The van der Waals surface area contributed by atoms with Crippen molar-refractivity contribution in [3.05, 3.63) is 65.8 Å². The summed E-state index contributed by atoms with van der Waals surface area (Å²) in [5.74, 6) is 1.08. The fraction of sp³-hybridized carbons (Fsp3) is 0.0500. The lowest BCUT2D eigenvalue weighted by molar-refractivity contribution is 0.433. The Labute approximate surface area is 153 Å². The number of para-hydroxylation sites is 1. The maximum absolute atomic E-state index is 5.55. The van der Waals surface area contributed by atoms with Crippen molar-refractivity contribution in [1.29, 1.82) is 0 Å². The standard InChI is InChI=1S/C20H14N4OS/c1-12-15(13-6-3-2-4-7-13)10-17(26-12)20-23-19(24-25-20)14-8-5-9-16-18(14)22-11-21-16/h2-11H,1H3,(H,21,22). The van der Waals surface area contributed by atoms with Crippen LogP contribution < -0.4 is 0 Å². The highest BCUT2D eigenvalue weighted by Gasteiger charge is 2.17. The van der Waals surface area contributed by atoms with Crippen LogP contribution in [0.2, 0.25) is 0 Å². The summed E-state index contributed by atoms with van der Waals surface area (Å²) >= 11 is 1.66. The average molecular weight is 358 g/mol. The first kappa shape index (κ1) is 15.0. The number of thiophene rings is 1. The van der Waals surface area contributed by atoms with Gasteiger partial charge in [0.25, 0.3) is 5.89 Å². The third-order valence-corrected chi connectivity index (χ3v) is 5.37. The van der Waals surface area contributed by atoms with Gasteiger partial charge >= 0.3 is 0 Å². The number of hydrogen-bond acceptors (Lipinski definition) is 5. The molecule has 3 aromatic heterocycles. The molecule has 26 heavy (non-hydrogen) atoms. The Hall–Kier alpha value is -3.25. The molecule has 0 saturated heterocycles. The van der Waals surface area contributed by atoms with Crippen LogP contribution in [0.15, 0.2) is 65.4 Å². The molecule has 6 heteroatoms. The van der Waals surface area contributed by atoms with Crippen LogP contribution >= 0.6 is 11.3 Å². The van der Waals surface area contributed by atoms with Gasteiger partial charge in [-0.1, -0.05) is 41.6 Å². The summed E-state index contributed by atoms with van der Waals surface area (Å²) in [5, 5.41) is 4.17. The van der Waals surface area contributed by atoms with Gasteiger partial charge in [-0.05, 0) is 36.2 Å². The van der Waals surface area contributed by atoms with Crippen molar-refractivity contribution in [2.75, 3.05) is 0 Å². The highest BCUT2D eigenvalue weighted by Crippen LogP contribution is 2.37. The molecule has 0 atom stereocenters. The third-order valence-electron chi connectivity index (χ3n) is 4.33. The van der Waals surface area contributed by atoms with Gasteiger partial charge in [0, 0.05) is 4.88 Å². The van der Waals surface area contributed by atoms with Gasteiger partial charge in [0.05, 0.1) is 27.8 Å². The monoisotopic (exact) mass is 358 g/mol. The van der Waals surface area contributed by atoms with Crippen molar-refractivity contribution >= 4 is 22.4 Å². The van der Waals surface area contributed by atoms with Crippen molar-refractivity contribution in [3.8, 4) is 33.3 Å². The van der Waals surface area contributed by atoms with Gasteiger partial charge < -0.3 is 9.51 Å². The minimum atomic E-state index is 0.530. The minimum Gasteiger partial charge on any atom is -0.345 e. The maximum atomic E-state index is 5.55. The molecule has 0 fully saturated rings. The lowest BCUT2D eigenvalue weighted by Gasteiger charge is -1.97. The van der Waals surface area contributed by atoms with Crippen molar-refractivity contribution in [2.24, 2.45) is 0 Å². The number of fused-ring (bicyclic) bond motifs is 1. The molecule has 0 amide bonds. The summed E-state index contributed by atoms with van der Waals surface area (Å²) in [6.45, 7) is 2.11. The number of H-pyrrole nitrogens is 1. The van der Waals surface area contributed by atoms with Gasteiger partial charge in [-0.25, -0.2) is 4.98 Å². The Bertz CT molecular complexity index is 1200. The van der Waals surface area contributed by atoms with E-state index in [9.17, 15) is 0 Å². The van der Waals surface area contributed by atoms with Crippen LogP contribution in [0.5, 0.6) is 0 Å². The molecule has 126 valence electrons. The second-order valence-electron chi connectivity index (χ2n) is 5.97. The summed E-state index contributed by atoms with van der Waals surface area (Å²) in [6.07, 6.45) is 1.67. The quantitative estimate of drug-likeness (QED) is 0.474. The lowest BCUT2D eigenvalue weighted by atomic mass is 10.1. The number of nitrogens with one attached hydrogen (secondary N) is 1. The molecule has 1 N–H and O–H groups in total. The second-order valence-corrected chi connectivity index (χ2v) is 7.23. The molecule has 0 unspecified atom stereocenters. The van der Waals surface area contributed by atoms with Gasteiger partial charge in [-0.15, -0.1) is 11.3 Å². The molecule has 5 rings (SSSR count). The second kappa shape index (κ2) is 5.93. The van der Waals surface area contributed by atoms with E-state index in [1.54, 1.807) is 17.7 Å². The first-order valence-electron chi connectivity index (χ1n) is 8.22. The van der Waals surface area contributed by atoms with E-state index < -0.39 is 0 Å². The molecule has 0 aliphatic carbocycles. The van der Waals surface area contributed by atoms with Crippen LogP contribution in [-0.4, -0.2) is 20.1 Å². The Morgan fingerprint density at radius 3 is 2.77 bits per heavy atom. The number of aromatic amines is 1. The van der Waals surface area contributed by atoms with Crippen LogP contribution in [0.3, 0.4) is 0 Å². The van der Waals surface area contributed by atoms with E-state index in [-0.39, 0.29) is 0 Å². The van der Waals surface area contributed by atoms with Crippen LogP contribution in [0, 0.1) is 6.92 Å². The summed E-state index contributed by atoms with van der Waals surface area (Å²) in [4.78, 5) is 14.3. The molecule has 0 aliphatic rings. The number of imidazole rings is 1. The molecule has 5 aromatic rings. The maximum Gasteiger partial charge on any atom is 0.268 e. The molecule has 5 nitrogen and oxygen atoms in total. The summed E-state index contributed by atoms with van der Waals surface area (Å²) in [7, 11) is 0. The molecule has 3 heterocycles. The first-order valence-corrected chi connectivity index (χ1v) is 9.03. The van der Waals surface area contributed by atoms with E-state index in [1.807, 2.05) is 36.4 Å². The number of nitrogens with zero attached hydrogens (tertiary/aromatic N) is 3. The molecule has 2 aromatic carbocycles. The molecular weight excluding hydrogens is 344 g/mol. The predicted molar refractivity (Wildman–Crippen MR) is 103 cm³/mol. The fourth-order valence-corrected chi connectivity index (χ4v) is 4.03. The Morgan fingerprint density at radius 1 is 1.00 bits per heavy atom. The average Bonchev–Trinajstić information content (AvgIpc) is 3.41. The molecule has 0 saturated carbocycles. The topological polar surface area (TPSA) is 67.6 Å². The Morgan fingerprint density at radius 2 is 1.88 bits per heavy atom. The number of rotatable bonds is 3. The Kier molecular flexibility index (Phi) is 3.43. The minimum absolute atomic E-state index is 0.530. The van der Waals surface area contributed by atoms with E-state index >= 15 is 0 Å². The largest absolute Gasteiger partial charge is 0.345 e. The van der Waals surface area contributed by atoms with Gasteiger partial charge in [0.15, 0.2) is 0 Å². The van der Waals surface area contributed by atoms with Crippen LogP contribution in [0.1, 0.15) is 4.88 Å². The number of aromatic nitrogens is 4. The smallest absolute Gasteiger partial charge is 0.268 e. The van der Waals surface area contributed by atoms with E-state index in [1.165, 1.54) is 16.0 Å². The van der Waals surface area contributed by atoms with Crippen LogP contribution in [-0.2, 0) is 0 Å². The third kappa shape index (κ3) is 2.43. The van der Waals surface area contributed by atoms with E-state index in [2.05, 4.69) is 45.2 Å². The zero-order valence-corrected chi connectivity index (χ0v) is 14.7. The van der Waals surface area contributed by atoms with Crippen molar-refractivity contribution in [3.63, 3.8) is 0 Å². The van der Waals surface area contributed by atoms with Crippen molar-refractivity contribution in [2.45, 2.75) is 6.92 Å². The number of aryl methyl sites for hydroxylation is 1. The van der Waals surface area contributed by atoms with Crippen LogP contribution in [0.25, 0.3) is 44.3 Å². The Balaban J connectivity index is 1.56. The fourth-order valence-electron chi connectivity index (χ4n) is 3.07. The summed E-state index contributed by atoms with van der Waals surface area (Å²) in [6, 6.07) is 18.3. The molecule has 0 bridgehead atoms. The van der Waals surface area contributed by atoms with E-state index in [0.717, 1.165) is 21.5 Å². The molecule has 0 aliphatic heterocycles. The molecule has 0 spiro atoms.